The second-order valence-corrected chi connectivity index (χ2v) is 10.5. The van der Waals surface area contributed by atoms with E-state index in [0.29, 0.717) is 25.8 Å². The van der Waals surface area contributed by atoms with Gasteiger partial charge in [-0.3, -0.25) is 14.2 Å². The van der Waals surface area contributed by atoms with Crippen LogP contribution in [0.4, 0.5) is 5.69 Å². The average molecular weight is 516 g/mol. The minimum atomic E-state index is -1.19. The number of anilines is 1. The van der Waals surface area contributed by atoms with Gasteiger partial charge in [0.15, 0.2) is 4.80 Å². The van der Waals surface area contributed by atoms with Crippen LogP contribution >= 0.6 is 22.9 Å². The van der Waals surface area contributed by atoms with Crippen LogP contribution in [-0.2, 0) is 4.79 Å². The number of hydrogen-bond donors (Lipinski definition) is 1. The molecule has 180 valence electrons. The minimum Gasteiger partial charge on any atom is -0.465 e. The van der Waals surface area contributed by atoms with Crippen LogP contribution in [0.25, 0.3) is 6.08 Å². The maximum atomic E-state index is 13.8. The fraction of sp³-hybridized carbons (Fsp3) is 0.179. The van der Waals surface area contributed by atoms with Gasteiger partial charge in [0.1, 0.15) is 11.7 Å². The van der Waals surface area contributed by atoms with Crippen LogP contribution in [0.1, 0.15) is 29.7 Å². The lowest BCUT2D eigenvalue weighted by molar-refractivity contribution is -0.131. The number of ether oxygens (including phenoxy) is 1. The average Bonchev–Trinajstić information content (AvgIpc) is 3.14. The first-order chi connectivity index (χ1) is 17.4. The van der Waals surface area contributed by atoms with E-state index in [0.717, 1.165) is 16.7 Å². The number of para-hydroxylation sites is 2. The van der Waals surface area contributed by atoms with E-state index < -0.39 is 17.7 Å². The van der Waals surface area contributed by atoms with Gasteiger partial charge in [-0.25, -0.2) is 4.99 Å². The van der Waals surface area contributed by atoms with E-state index in [4.69, 9.17) is 21.3 Å². The Morgan fingerprint density at radius 1 is 1.11 bits per heavy atom. The van der Waals surface area contributed by atoms with Gasteiger partial charge in [-0.05, 0) is 49.2 Å². The van der Waals surface area contributed by atoms with E-state index in [2.05, 4.69) is 5.32 Å². The highest BCUT2D eigenvalue weighted by Crippen LogP contribution is 2.47. The lowest BCUT2D eigenvalue weighted by Gasteiger charge is -2.45. The smallest absolute Gasteiger partial charge is 0.270 e. The fourth-order valence-corrected chi connectivity index (χ4v) is 6.28. The number of rotatable bonds is 3. The molecule has 0 radical (unpaired) electrons. The first-order valence-electron chi connectivity index (χ1n) is 11.6. The van der Waals surface area contributed by atoms with Gasteiger partial charge >= 0.3 is 0 Å². The second-order valence-electron chi connectivity index (χ2n) is 9.12. The highest BCUT2D eigenvalue weighted by atomic mass is 35.5. The predicted octanol–water partition coefficient (Wildman–Crippen LogP) is 4.29. The van der Waals surface area contributed by atoms with E-state index in [1.54, 1.807) is 16.7 Å². The number of fused-ring (bicyclic) bond motifs is 6. The van der Waals surface area contributed by atoms with Crippen LogP contribution in [-0.4, -0.2) is 16.2 Å². The summed E-state index contributed by atoms with van der Waals surface area (Å²) in [4.78, 5) is 33.0. The van der Waals surface area contributed by atoms with Gasteiger partial charge in [-0.2, -0.15) is 0 Å². The monoisotopic (exact) mass is 515 g/mol. The number of nitrogens with one attached hydrogen (secondary N) is 1. The number of hydrogen-bond acceptors (Lipinski definition) is 5. The first kappa shape index (κ1) is 22.8. The van der Waals surface area contributed by atoms with E-state index in [9.17, 15) is 9.59 Å². The molecule has 1 aromatic heterocycles. The van der Waals surface area contributed by atoms with Crippen LogP contribution in [0.15, 0.2) is 82.6 Å². The van der Waals surface area contributed by atoms with E-state index >= 15 is 0 Å². The van der Waals surface area contributed by atoms with Crippen molar-refractivity contribution in [3.63, 3.8) is 0 Å². The van der Waals surface area contributed by atoms with E-state index in [1.807, 2.05) is 80.6 Å². The van der Waals surface area contributed by atoms with Crippen molar-refractivity contribution in [1.82, 2.24) is 4.57 Å². The summed E-state index contributed by atoms with van der Waals surface area (Å²) in [5, 5.41) is 3.61. The van der Waals surface area contributed by atoms with Gasteiger partial charge in [0, 0.05) is 16.3 Å². The Labute approximate surface area is 216 Å². The Hall–Kier alpha value is -3.68. The zero-order valence-corrected chi connectivity index (χ0v) is 21.1. The van der Waals surface area contributed by atoms with Crippen LogP contribution in [0.3, 0.4) is 0 Å². The number of carbonyl (C=O) groups is 1. The van der Waals surface area contributed by atoms with Crippen LogP contribution < -0.4 is 24.9 Å². The Morgan fingerprint density at radius 3 is 2.64 bits per heavy atom. The van der Waals surface area contributed by atoms with Crippen LogP contribution in [0, 0.1) is 12.8 Å². The van der Waals surface area contributed by atoms with Gasteiger partial charge < -0.3 is 10.1 Å². The largest absolute Gasteiger partial charge is 0.465 e. The molecule has 0 saturated heterocycles. The Morgan fingerprint density at radius 2 is 1.83 bits per heavy atom. The van der Waals surface area contributed by atoms with Gasteiger partial charge in [-0.1, -0.05) is 77.5 Å². The summed E-state index contributed by atoms with van der Waals surface area (Å²) >= 11 is 7.63. The van der Waals surface area contributed by atoms with Crippen molar-refractivity contribution in [3.05, 3.63) is 114 Å². The number of carbonyl (C=O) groups excluding carboxylic acids is 1. The molecule has 0 spiro atoms. The number of nitrogens with zero attached hydrogens (tertiary/aromatic N) is 2. The molecule has 3 atom stereocenters. The maximum Gasteiger partial charge on any atom is 0.270 e. The zero-order chi connectivity index (χ0) is 25.0. The molecule has 2 aliphatic heterocycles. The minimum absolute atomic E-state index is 0.212. The lowest BCUT2D eigenvalue weighted by atomic mass is 9.80. The molecular formula is C28H22ClN3O3S. The summed E-state index contributed by atoms with van der Waals surface area (Å²) in [7, 11) is 0. The summed E-state index contributed by atoms with van der Waals surface area (Å²) in [6.07, 6.45) is 1.78. The molecule has 3 heterocycles. The predicted molar refractivity (Wildman–Crippen MR) is 141 cm³/mol. The molecule has 0 fully saturated rings. The molecular weight excluding hydrogens is 494 g/mol. The SMILES string of the molecule is Cc1ccccc1NC(=O)[C@@H]1[C@@H]2c3ccccc3O[C@]1(C)N=c1s/c(=C/c3ccccc3Cl)c(=O)n12. The maximum absolute atomic E-state index is 13.8. The molecule has 4 aromatic rings. The number of aryl methyl sites for hydroxylation is 1. The molecule has 36 heavy (non-hydrogen) atoms. The number of aromatic nitrogens is 1. The van der Waals surface area contributed by atoms with Crippen molar-refractivity contribution in [2.75, 3.05) is 5.32 Å². The third kappa shape index (κ3) is 3.58. The van der Waals surface area contributed by atoms with Crippen molar-refractivity contribution in [3.8, 4) is 5.75 Å². The first-order valence-corrected chi connectivity index (χ1v) is 12.8. The van der Waals surface area contributed by atoms with Gasteiger partial charge in [-0.15, -0.1) is 0 Å². The molecule has 0 aliphatic carbocycles. The summed E-state index contributed by atoms with van der Waals surface area (Å²) in [6.45, 7) is 3.75. The highest BCUT2D eigenvalue weighted by molar-refractivity contribution is 7.07. The van der Waals surface area contributed by atoms with Crippen molar-refractivity contribution >= 4 is 40.6 Å². The van der Waals surface area contributed by atoms with Crippen LogP contribution in [0.5, 0.6) is 5.75 Å². The molecule has 3 aromatic carbocycles. The van der Waals surface area contributed by atoms with Gasteiger partial charge in [0.05, 0.1) is 10.6 Å². The third-order valence-corrected chi connectivity index (χ3v) is 8.08. The van der Waals surface area contributed by atoms with Gasteiger partial charge in [0.25, 0.3) is 5.56 Å². The zero-order valence-electron chi connectivity index (χ0n) is 19.6. The van der Waals surface area contributed by atoms with Crippen molar-refractivity contribution in [2.24, 2.45) is 10.9 Å². The molecule has 1 N–H and O–H groups in total. The third-order valence-electron chi connectivity index (χ3n) is 6.76. The van der Waals surface area contributed by atoms with Gasteiger partial charge in [0.2, 0.25) is 11.6 Å². The van der Waals surface area contributed by atoms with E-state index in [-0.39, 0.29) is 11.5 Å². The summed E-state index contributed by atoms with van der Waals surface area (Å²) in [6, 6.07) is 21.9. The fourth-order valence-electron chi connectivity index (χ4n) is 5.00. The van der Waals surface area contributed by atoms with Crippen molar-refractivity contribution in [1.29, 1.82) is 0 Å². The Bertz CT molecular complexity index is 1710. The molecule has 8 heteroatoms. The Kier molecular flexibility index (Phi) is 5.35. The molecule has 6 nitrogen and oxygen atoms in total. The molecule has 0 saturated carbocycles. The van der Waals surface area contributed by atoms with Crippen LogP contribution in [0.2, 0.25) is 5.02 Å². The van der Waals surface area contributed by atoms with Crippen molar-refractivity contribution in [2.45, 2.75) is 25.6 Å². The molecule has 6 rings (SSSR count). The normalized spacial score (nSPS) is 22.1. The summed E-state index contributed by atoms with van der Waals surface area (Å²) < 4.78 is 8.50. The molecule has 0 unspecified atom stereocenters. The number of thiazole rings is 1. The molecule has 2 bridgehead atoms. The lowest BCUT2D eigenvalue weighted by Crippen LogP contribution is -2.59. The number of amides is 1. The Balaban J connectivity index is 1.55. The highest BCUT2D eigenvalue weighted by Gasteiger charge is 2.55. The summed E-state index contributed by atoms with van der Waals surface area (Å²) in [5.74, 6) is -0.399. The second kappa shape index (κ2) is 8.47. The topological polar surface area (TPSA) is 72.7 Å². The van der Waals surface area contributed by atoms with E-state index in [1.165, 1.54) is 11.3 Å². The number of benzene rings is 3. The number of halogens is 1. The van der Waals surface area contributed by atoms with Crippen molar-refractivity contribution < 1.29 is 9.53 Å². The molecule has 1 amide bonds. The quantitative estimate of drug-likeness (QED) is 0.442. The molecule has 2 aliphatic rings. The standard InChI is InChI=1S/C28H22ClN3O3S/c1-16-9-3-7-13-20(16)30-25(33)23-24-18-11-5-8-14-21(18)35-28(23,2)31-27-32(24)26(34)22(36-27)15-17-10-4-6-12-19(17)29/h3-15,23-24H,1-2H3,(H,30,33)/b22-15+/t23-,24-,28-/m0/s1. The summed E-state index contributed by atoms with van der Waals surface area (Å²) in [5.41, 5.74) is 1.78.